The molecule has 3 rings (SSSR count). The number of carbonyl (C=O) groups excluding carboxylic acids is 1. The summed E-state index contributed by atoms with van der Waals surface area (Å²) in [5.41, 5.74) is 0.461. The van der Waals surface area contributed by atoms with E-state index in [0.717, 1.165) is 25.7 Å². The zero-order chi connectivity index (χ0) is 14.3. The predicted molar refractivity (Wildman–Crippen MR) is 71.2 cm³/mol. The van der Waals surface area contributed by atoms with Gasteiger partial charge in [-0.15, -0.1) is 0 Å². The van der Waals surface area contributed by atoms with E-state index in [0.29, 0.717) is 18.0 Å². The van der Waals surface area contributed by atoms with Crippen LogP contribution in [0.4, 0.5) is 0 Å². The van der Waals surface area contributed by atoms with Crippen LogP contribution in [-0.4, -0.2) is 43.5 Å². The monoisotopic (exact) mass is 277 g/mol. The second-order valence-electron chi connectivity index (χ2n) is 5.80. The van der Waals surface area contributed by atoms with Crippen molar-refractivity contribution in [2.45, 2.75) is 44.2 Å². The molecule has 0 aromatic carbocycles. The number of rotatable bonds is 2. The normalized spacial score (nSPS) is 29.2. The van der Waals surface area contributed by atoms with Crippen molar-refractivity contribution in [1.82, 2.24) is 14.5 Å². The molecule has 1 aliphatic heterocycles. The summed E-state index contributed by atoms with van der Waals surface area (Å²) in [6.45, 7) is 0. The van der Waals surface area contributed by atoms with Gasteiger partial charge in [0.15, 0.2) is 0 Å². The van der Waals surface area contributed by atoms with Crippen LogP contribution in [0.1, 0.15) is 42.6 Å². The van der Waals surface area contributed by atoms with Gasteiger partial charge in [0.2, 0.25) is 0 Å². The fourth-order valence-corrected chi connectivity index (χ4v) is 3.67. The first-order valence-electron chi connectivity index (χ1n) is 7.11. The Morgan fingerprint density at radius 2 is 2.10 bits per heavy atom. The Balaban J connectivity index is 1.93. The Hall–Kier alpha value is -1.85. The summed E-state index contributed by atoms with van der Waals surface area (Å²) >= 11 is 0. The molecule has 3 unspecified atom stereocenters. The van der Waals surface area contributed by atoms with E-state index in [1.54, 1.807) is 22.8 Å². The zero-order valence-electron chi connectivity index (χ0n) is 11.5. The fourth-order valence-electron chi connectivity index (χ4n) is 3.67. The second-order valence-corrected chi connectivity index (χ2v) is 5.80. The van der Waals surface area contributed by atoms with Crippen LogP contribution in [0.3, 0.4) is 0 Å². The van der Waals surface area contributed by atoms with Crippen LogP contribution in [0, 0.1) is 5.92 Å². The number of aryl methyl sites for hydroxylation is 1. The zero-order valence-corrected chi connectivity index (χ0v) is 11.5. The smallest absolute Gasteiger partial charge is 0.326 e. The van der Waals surface area contributed by atoms with E-state index in [4.69, 9.17) is 0 Å². The molecule has 1 saturated carbocycles. The maximum Gasteiger partial charge on any atom is 0.326 e. The summed E-state index contributed by atoms with van der Waals surface area (Å²) in [6, 6.07) is -0.613. The van der Waals surface area contributed by atoms with Crippen molar-refractivity contribution < 1.29 is 14.7 Å². The highest BCUT2D eigenvalue weighted by Gasteiger charge is 2.48. The summed E-state index contributed by atoms with van der Waals surface area (Å²) in [5.74, 6) is -0.760. The fraction of sp³-hybridized carbons (Fsp3) is 0.643. The topological polar surface area (TPSA) is 75.4 Å². The van der Waals surface area contributed by atoms with Crippen molar-refractivity contribution >= 4 is 11.9 Å². The molecule has 3 atom stereocenters. The van der Waals surface area contributed by atoms with Crippen LogP contribution in [-0.2, 0) is 11.8 Å². The molecule has 108 valence electrons. The number of nitrogens with zero attached hydrogens (tertiary/aromatic N) is 3. The molecule has 6 heteroatoms. The Morgan fingerprint density at radius 1 is 1.35 bits per heavy atom. The third-order valence-electron chi connectivity index (χ3n) is 4.64. The molecule has 0 spiro atoms. The first-order valence-corrected chi connectivity index (χ1v) is 7.11. The molecule has 2 heterocycles. The summed E-state index contributed by atoms with van der Waals surface area (Å²) in [7, 11) is 1.75. The van der Waals surface area contributed by atoms with Crippen LogP contribution in [0.15, 0.2) is 12.5 Å². The molecule has 2 fully saturated rings. The molecule has 6 nitrogen and oxygen atoms in total. The van der Waals surface area contributed by atoms with Gasteiger partial charge in [-0.05, 0) is 25.2 Å². The van der Waals surface area contributed by atoms with Crippen LogP contribution < -0.4 is 0 Å². The number of hydrogen-bond acceptors (Lipinski definition) is 3. The lowest BCUT2D eigenvalue weighted by atomic mass is 9.84. The number of carboxylic acids is 1. The van der Waals surface area contributed by atoms with Crippen LogP contribution in [0.5, 0.6) is 0 Å². The lowest BCUT2D eigenvalue weighted by Crippen LogP contribution is -2.46. The minimum atomic E-state index is -0.894. The average Bonchev–Trinajstić information content (AvgIpc) is 3.01. The maximum atomic E-state index is 12.7. The number of fused-ring (bicyclic) bond motifs is 1. The molecule has 0 radical (unpaired) electrons. The number of aliphatic carboxylic acids is 1. The standard InChI is InChI=1S/C14H19N3O3/c1-16-8-15-7-12(16)13(18)17-10-5-3-2-4-9(10)6-11(17)14(19)20/h7-11H,2-6H2,1H3,(H,19,20). The predicted octanol–water partition coefficient (Wildman–Crippen LogP) is 1.28. The Kier molecular flexibility index (Phi) is 3.23. The third-order valence-corrected chi connectivity index (χ3v) is 4.64. The lowest BCUT2D eigenvalue weighted by Gasteiger charge is -2.32. The molecule has 1 saturated heterocycles. The van der Waals surface area contributed by atoms with E-state index in [1.807, 2.05) is 0 Å². The summed E-state index contributed by atoms with van der Waals surface area (Å²) in [5, 5.41) is 9.43. The van der Waals surface area contributed by atoms with Crippen molar-refractivity contribution in [3.05, 3.63) is 18.2 Å². The van der Waals surface area contributed by atoms with Gasteiger partial charge >= 0.3 is 5.97 Å². The number of carboxylic acid groups (broad SMARTS) is 1. The van der Waals surface area contributed by atoms with E-state index >= 15 is 0 Å². The summed E-state index contributed by atoms with van der Waals surface area (Å²) in [6.07, 6.45) is 7.82. The highest BCUT2D eigenvalue weighted by atomic mass is 16.4. The van der Waals surface area contributed by atoms with Gasteiger partial charge in [-0.1, -0.05) is 12.8 Å². The van der Waals surface area contributed by atoms with E-state index in [9.17, 15) is 14.7 Å². The quantitative estimate of drug-likeness (QED) is 0.883. The first kappa shape index (κ1) is 13.1. The second kappa shape index (κ2) is 4.92. The SMILES string of the molecule is Cn1cncc1C(=O)N1C(C(=O)O)CC2CCCCC21. The van der Waals surface area contributed by atoms with Crippen LogP contribution in [0.25, 0.3) is 0 Å². The number of likely N-dealkylation sites (tertiary alicyclic amines) is 1. The number of imidazole rings is 1. The van der Waals surface area contributed by atoms with Gasteiger partial charge in [-0.3, -0.25) is 4.79 Å². The molecule has 0 bridgehead atoms. The van der Waals surface area contributed by atoms with E-state index in [1.165, 1.54) is 6.20 Å². The molecule has 1 amide bonds. The maximum absolute atomic E-state index is 12.7. The van der Waals surface area contributed by atoms with E-state index in [2.05, 4.69) is 4.98 Å². The molecular weight excluding hydrogens is 258 g/mol. The number of aromatic nitrogens is 2. The third kappa shape index (κ3) is 1.99. The highest BCUT2D eigenvalue weighted by molar-refractivity contribution is 5.95. The van der Waals surface area contributed by atoms with Gasteiger partial charge < -0.3 is 14.6 Å². The van der Waals surface area contributed by atoms with Gasteiger partial charge in [0.05, 0.1) is 12.5 Å². The number of carbonyl (C=O) groups is 2. The Bertz CT molecular complexity index is 540. The molecule has 1 aromatic heterocycles. The van der Waals surface area contributed by atoms with Gasteiger partial charge in [-0.2, -0.15) is 0 Å². The van der Waals surface area contributed by atoms with Gasteiger partial charge in [-0.25, -0.2) is 9.78 Å². The molecule has 1 aliphatic carbocycles. The van der Waals surface area contributed by atoms with Gasteiger partial charge in [0.1, 0.15) is 11.7 Å². The van der Waals surface area contributed by atoms with E-state index in [-0.39, 0.29) is 11.9 Å². The molecule has 1 aromatic rings. The van der Waals surface area contributed by atoms with Gasteiger partial charge in [0.25, 0.3) is 5.91 Å². The van der Waals surface area contributed by atoms with Crippen molar-refractivity contribution in [2.75, 3.05) is 0 Å². The van der Waals surface area contributed by atoms with Crippen molar-refractivity contribution in [3.63, 3.8) is 0 Å². The summed E-state index contributed by atoms with van der Waals surface area (Å²) in [4.78, 5) is 29.8. The highest BCUT2D eigenvalue weighted by Crippen LogP contribution is 2.40. The largest absolute Gasteiger partial charge is 0.480 e. The molecular formula is C14H19N3O3. The number of amides is 1. The molecule has 20 heavy (non-hydrogen) atoms. The number of hydrogen-bond donors (Lipinski definition) is 1. The van der Waals surface area contributed by atoms with Crippen molar-refractivity contribution in [3.8, 4) is 0 Å². The Morgan fingerprint density at radius 3 is 2.75 bits per heavy atom. The van der Waals surface area contributed by atoms with E-state index < -0.39 is 12.0 Å². The first-order chi connectivity index (χ1) is 9.59. The van der Waals surface area contributed by atoms with Crippen molar-refractivity contribution in [1.29, 1.82) is 0 Å². The van der Waals surface area contributed by atoms with Crippen molar-refractivity contribution in [2.24, 2.45) is 13.0 Å². The van der Waals surface area contributed by atoms with Gasteiger partial charge in [0, 0.05) is 13.1 Å². The lowest BCUT2D eigenvalue weighted by molar-refractivity contribution is -0.141. The average molecular weight is 277 g/mol. The summed E-state index contributed by atoms with van der Waals surface area (Å²) < 4.78 is 1.65. The Labute approximate surface area is 117 Å². The molecule has 1 N–H and O–H groups in total. The van der Waals surface area contributed by atoms with Crippen LogP contribution >= 0.6 is 0 Å². The molecule has 2 aliphatic rings. The minimum Gasteiger partial charge on any atom is -0.480 e. The van der Waals surface area contributed by atoms with Crippen LogP contribution in [0.2, 0.25) is 0 Å². The minimum absolute atomic E-state index is 0.0762.